The highest BCUT2D eigenvalue weighted by Gasteiger charge is 2.13. The Morgan fingerprint density at radius 1 is 1.18 bits per heavy atom. The molecule has 3 rings (SSSR count). The smallest absolute Gasteiger partial charge is 0.182 e. The topological polar surface area (TPSA) is 36.8 Å². The van der Waals surface area contributed by atoms with Crippen LogP contribution in [-0.4, -0.2) is 16.6 Å². The summed E-state index contributed by atoms with van der Waals surface area (Å²) in [5, 5.41) is 4.97. The van der Waals surface area contributed by atoms with E-state index in [-0.39, 0.29) is 5.82 Å². The van der Waals surface area contributed by atoms with Crippen molar-refractivity contribution >= 4 is 28.3 Å². The van der Waals surface area contributed by atoms with Gasteiger partial charge >= 0.3 is 0 Å². The average molecular weight is 313 g/mol. The van der Waals surface area contributed by atoms with E-state index >= 15 is 0 Å². The Morgan fingerprint density at radius 3 is 2.59 bits per heavy atom. The van der Waals surface area contributed by atoms with Crippen LogP contribution in [0.25, 0.3) is 0 Å². The van der Waals surface area contributed by atoms with Gasteiger partial charge in [-0.2, -0.15) is 5.10 Å². The van der Waals surface area contributed by atoms with Crippen molar-refractivity contribution in [3.63, 3.8) is 0 Å². The molecule has 0 radical (unpaired) electrons. The van der Waals surface area contributed by atoms with Crippen molar-refractivity contribution in [3.05, 3.63) is 65.5 Å². The molecule has 22 heavy (non-hydrogen) atoms. The summed E-state index contributed by atoms with van der Waals surface area (Å²) in [5.41, 5.74) is 6.61. The van der Waals surface area contributed by atoms with Crippen LogP contribution in [0, 0.1) is 5.82 Å². The van der Waals surface area contributed by atoms with Gasteiger partial charge in [-0.1, -0.05) is 55.1 Å². The Morgan fingerprint density at radius 2 is 1.95 bits per heavy atom. The normalized spacial score (nSPS) is 16.3. The van der Waals surface area contributed by atoms with Gasteiger partial charge in [0, 0.05) is 5.75 Å². The minimum atomic E-state index is -0.331. The lowest BCUT2D eigenvalue weighted by molar-refractivity contribution is 0.630. The van der Waals surface area contributed by atoms with Crippen molar-refractivity contribution in [3.8, 4) is 0 Å². The summed E-state index contributed by atoms with van der Waals surface area (Å²) >= 11 is 1.52. The Hall–Kier alpha value is -2.14. The van der Waals surface area contributed by atoms with Gasteiger partial charge in [0.25, 0.3) is 0 Å². The summed E-state index contributed by atoms with van der Waals surface area (Å²) in [6.45, 7) is 2.13. The van der Waals surface area contributed by atoms with Crippen molar-refractivity contribution in [2.24, 2.45) is 10.1 Å². The number of hydrogen-bond acceptors (Lipinski definition) is 3. The van der Waals surface area contributed by atoms with Gasteiger partial charge in [-0.05, 0) is 29.7 Å². The highest BCUT2D eigenvalue weighted by atomic mass is 32.2. The molecular formula is C17H16FN3S. The maximum atomic E-state index is 13.6. The van der Waals surface area contributed by atoms with Gasteiger partial charge in [0.2, 0.25) is 0 Å². The molecule has 5 heteroatoms. The number of benzene rings is 2. The summed E-state index contributed by atoms with van der Waals surface area (Å²) in [5.74, 6) is 0.383. The van der Waals surface area contributed by atoms with E-state index in [9.17, 15) is 4.39 Å². The first-order chi connectivity index (χ1) is 10.8. The first-order valence-electron chi connectivity index (χ1n) is 7.14. The monoisotopic (exact) mass is 313 g/mol. The van der Waals surface area contributed by atoms with E-state index in [0.29, 0.717) is 16.6 Å². The van der Waals surface area contributed by atoms with E-state index in [1.807, 2.05) is 0 Å². The number of hydrazone groups is 1. The second-order valence-corrected chi connectivity index (χ2v) is 5.84. The fourth-order valence-corrected chi connectivity index (χ4v) is 2.88. The summed E-state index contributed by atoms with van der Waals surface area (Å²) in [6.07, 6.45) is 1.03. The largest absolute Gasteiger partial charge is 0.255 e. The number of para-hydroxylation sites is 1. The molecule has 0 saturated heterocycles. The Balaban J connectivity index is 1.75. The number of hydrogen-bond donors (Lipinski definition) is 1. The predicted molar refractivity (Wildman–Crippen MR) is 91.4 cm³/mol. The molecular weight excluding hydrogens is 297 g/mol. The van der Waals surface area contributed by atoms with Crippen LogP contribution in [0.3, 0.4) is 0 Å². The third-order valence-electron chi connectivity index (χ3n) is 3.40. The van der Waals surface area contributed by atoms with Gasteiger partial charge < -0.3 is 0 Å². The second-order valence-electron chi connectivity index (χ2n) is 4.88. The van der Waals surface area contributed by atoms with Crippen LogP contribution in [0.5, 0.6) is 0 Å². The Labute approximate surface area is 133 Å². The molecule has 2 aromatic rings. The highest BCUT2D eigenvalue weighted by Crippen LogP contribution is 2.21. The molecule has 0 aliphatic carbocycles. The van der Waals surface area contributed by atoms with Crippen LogP contribution in [0.2, 0.25) is 0 Å². The number of aliphatic imine (C=N–C) groups is 1. The lowest BCUT2D eigenvalue weighted by Gasteiger charge is -2.15. The number of thioether (sulfide) groups is 1. The minimum absolute atomic E-state index is 0.323. The first kappa shape index (κ1) is 14.8. The lowest BCUT2D eigenvalue weighted by atomic mass is 10.1. The van der Waals surface area contributed by atoms with E-state index in [0.717, 1.165) is 17.7 Å². The molecule has 3 nitrogen and oxygen atoms in total. The summed E-state index contributed by atoms with van der Waals surface area (Å²) < 4.78 is 13.6. The molecule has 0 amide bonds. The SMILES string of the molecule is CCc1ccc(C2=NNC(=Nc3ccccc3F)SC2)cc1. The van der Waals surface area contributed by atoms with Crippen LogP contribution >= 0.6 is 11.8 Å². The van der Waals surface area contributed by atoms with Crippen LogP contribution in [0.4, 0.5) is 10.1 Å². The van der Waals surface area contributed by atoms with Crippen LogP contribution < -0.4 is 5.43 Å². The average Bonchev–Trinajstić information content (AvgIpc) is 2.58. The lowest BCUT2D eigenvalue weighted by Crippen LogP contribution is -2.25. The van der Waals surface area contributed by atoms with Crippen LogP contribution in [-0.2, 0) is 6.42 Å². The van der Waals surface area contributed by atoms with Gasteiger partial charge in [0.05, 0.1) is 5.71 Å². The zero-order valence-electron chi connectivity index (χ0n) is 12.2. The van der Waals surface area contributed by atoms with Crippen LogP contribution in [0.1, 0.15) is 18.1 Å². The fraction of sp³-hybridized carbons (Fsp3) is 0.176. The van der Waals surface area contributed by atoms with Crippen molar-refractivity contribution < 1.29 is 4.39 Å². The molecule has 0 spiro atoms. The molecule has 112 valence electrons. The van der Waals surface area contributed by atoms with E-state index in [1.165, 1.54) is 23.4 Å². The molecule has 1 N–H and O–H groups in total. The molecule has 2 aromatic carbocycles. The number of nitrogens with one attached hydrogen (secondary N) is 1. The fourth-order valence-electron chi connectivity index (χ4n) is 2.11. The van der Waals surface area contributed by atoms with Crippen molar-refractivity contribution in [2.75, 3.05) is 5.75 Å². The van der Waals surface area contributed by atoms with Crippen molar-refractivity contribution in [2.45, 2.75) is 13.3 Å². The standard InChI is InChI=1S/C17H16FN3S/c1-2-12-7-9-13(10-8-12)16-11-22-17(21-20-16)19-15-6-4-3-5-14(15)18/h3-10H,2,11H2,1H3,(H,19,21). The molecule has 1 aliphatic heterocycles. The van der Waals surface area contributed by atoms with E-state index in [4.69, 9.17) is 0 Å². The third-order valence-corrected chi connectivity index (χ3v) is 4.28. The van der Waals surface area contributed by atoms with Gasteiger partial charge in [0.1, 0.15) is 11.5 Å². The first-order valence-corrected chi connectivity index (χ1v) is 8.12. The number of aryl methyl sites for hydroxylation is 1. The number of nitrogens with zero attached hydrogens (tertiary/aromatic N) is 2. The Bertz CT molecular complexity index is 723. The molecule has 0 unspecified atom stereocenters. The molecule has 0 bridgehead atoms. The zero-order valence-corrected chi connectivity index (χ0v) is 13.0. The number of rotatable bonds is 3. The predicted octanol–water partition coefficient (Wildman–Crippen LogP) is 4.12. The van der Waals surface area contributed by atoms with E-state index in [2.05, 4.69) is 46.7 Å². The summed E-state index contributed by atoms with van der Waals surface area (Å²) in [7, 11) is 0. The van der Waals surface area contributed by atoms with Gasteiger partial charge in [-0.3, -0.25) is 5.43 Å². The van der Waals surface area contributed by atoms with E-state index < -0.39 is 0 Å². The van der Waals surface area contributed by atoms with Gasteiger partial charge in [-0.15, -0.1) is 0 Å². The highest BCUT2D eigenvalue weighted by molar-refractivity contribution is 8.14. The quantitative estimate of drug-likeness (QED) is 0.925. The molecule has 0 aromatic heterocycles. The molecule has 0 atom stereocenters. The Kier molecular flexibility index (Phi) is 4.53. The van der Waals surface area contributed by atoms with Gasteiger partial charge in [0.15, 0.2) is 5.17 Å². The number of amidine groups is 1. The van der Waals surface area contributed by atoms with Gasteiger partial charge in [-0.25, -0.2) is 9.38 Å². The summed E-state index contributed by atoms with van der Waals surface area (Å²) in [6, 6.07) is 14.9. The zero-order chi connectivity index (χ0) is 15.4. The maximum Gasteiger partial charge on any atom is 0.182 e. The van der Waals surface area contributed by atoms with Crippen molar-refractivity contribution in [1.29, 1.82) is 0 Å². The molecule has 0 saturated carbocycles. The molecule has 1 heterocycles. The number of halogens is 1. The molecule has 0 fully saturated rings. The maximum absolute atomic E-state index is 13.6. The third kappa shape index (κ3) is 3.36. The van der Waals surface area contributed by atoms with E-state index in [1.54, 1.807) is 18.2 Å². The summed E-state index contributed by atoms with van der Waals surface area (Å²) in [4.78, 5) is 4.26. The second kappa shape index (κ2) is 6.75. The molecule has 1 aliphatic rings. The van der Waals surface area contributed by atoms with Crippen LogP contribution in [0.15, 0.2) is 58.6 Å². The van der Waals surface area contributed by atoms with Crippen molar-refractivity contribution in [1.82, 2.24) is 5.43 Å². The minimum Gasteiger partial charge on any atom is -0.255 e.